The first-order valence-electron chi connectivity index (χ1n) is 8.00. The molecule has 0 heterocycles. The third-order valence-corrected chi connectivity index (χ3v) is 4.81. The van der Waals surface area contributed by atoms with Crippen LogP contribution >= 0.6 is 0 Å². The van der Waals surface area contributed by atoms with E-state index in [0.717, 1.165) is 24.8 Å². The minimum Gasteiger partial charge on any atom is -0.387 e. The molecule has 2 aromatic carbocycles. The number of aliphatic hydroxyl groups is 1. The molecule has 2 rings (SSSR count). The van der Waals surface area contributed by atoms with Crippen molar-refractivity contribution in [3.8, 4) is 0 Å². The van der Waals surface area contributed by atoms with E-state index in [1.165, 1.54) is 11.1 Å². The molecule has 0 saturated heterocycles. The van der Waals surface area contributed by atoms with Gasteiger partial charge < -0.3 is 5.11 Å². The van der Waals surface area contributed by atoms with Crippen molar-refractivity contribution in [3.05, 3.63) is 71.3 Å². The maximum absolute atomic E-state index is 11.1. The normalized spacial score (nSPS) is 13.1. The molecule has 1 unspecified atom stereocenters. The first kappa shape index (κ1) is 15.8. The molecule has 0 aromatic heterocycles. The van der Waals surface area contributed by atoms with Crippen molar-refractivity contribution < 1.29 is 5.11 Å². The quantitative estimate of drug-likeness (QED) is 0.787. The molecule has 0 saturated carbocycles. The van der Waals surface area contributed by atoms with E-state index >= 15 is 0 Å². The van der Waals surface area contributed by atoms with Crippen molar-refractivity contribution in [1.82, 2.24) is 0 Å². The molecule has 0 aliphatic heterocycles. The fraction of sp³-hybridized carbons (Fsp3) is 0.400. The van der Waals surface area contributed by atoms with Gasteiger partial charge in [0.05, 0.1) is 6.10 Å². The number of benzene rings is 2. The molecular formula is C20H26O. The summed E-state index contributed by atoms with van der Waals surface area (Å²) in [7, 11) is 0. The van der Waals surface area contributed by atoms with Crippen molar-refractivity contribution in [2.24, 2.45) is 0 Å². The third-order valence-electron chi connectivity index (χ3n) is 4.81. The second-order valence-electron chi connectivity index (χ2n) is 5.73. The third kappa shape index (κ3) is 3.03. The van der Waals surface area contributed by atoms with E-state index in [9.17, 15) is 5.11 Å². The Morgan fingerprint density at radius 2 is 1.57 bits per heavy atom. The summed E-state index contributed by atoms with van der Waals surface area (Å²) in [6.07, 6.45) is 2.37. The van der Waals surface area contributed by atoms with Crippen molar-refractivity contribution in [2.45, 2.75) is 51.6 Å². The predicted octanol–water partition coefficient (Wildman–Crippen LogP) is 5.04. The van der Waals surface area contributed by atoms with Gasteiger partial charge in [0, 0.05) is 5.41 Å². The Labute approximate surface area is 128 Å². The minimum absolute atomic E-state index is 0.215. The molecule has 21 heavy (non-hydrogen) atoms. The minimum atomic E-state index is -0.471. The van der Waals surface area contributed by atoms with Gasteiger partial charge in [-0.2, -0.15) is 0 Å². The molecule has 1 heteroatoms. The molecular weight excluding hydrogens is 256 g/mol. The standard InChI is InChI=1S/C20H26O/c1-4-16-11-10-12-17(15-16)19(21)20(5-2,6-3)18-13-8-7-9-14-18/h7-15,19,21H,4-6H2,1-3H3. The largest absolute Gasteiger partial charge is 0.387 e. The van der Waals surface area contributed by atoms with E-state index in [2.05, 4.69) is 63.2 Å². The van der Waals surface area contributed by atoms with Crippen molar-refractivity contribution in [3.63, 3.8) is 0 Å². The lowest BCUT2D eigenvalue weighted by molar-refractivity contribution is 0.0727. The van der Waals surface area contributed by atoms with Crippen LogP contribution in [0.5, 0.6) is 0 Å². The summed E-state index contributed by atoms with van der Waals surface area (Å²) in [6.45, 7) is 6.49. The van der Waals surface area contributed by atoms with Crippen LogP contribution in [-0.2, 0) is 11.8 Å². The van der Waals surface area contributed by atoms with Gasteiger partial charge >= 0.3 is 0 Å². The first-order valence-corrected chi connectivity index (χ1v) is 8.00. The van der Waals surface area contributed by atoms with Crippen LogP contribution in [-0.4, -0.2) is 5.11 Å². The van der Waals surface area contributed by atoms with E-state index in [1.54, 1.807) is 0 Å². The fourth-order valence-electron chi connectivity index (χ4n) is 3.28. The van der Waals surface area contributed by atoms with E-state index in [0.29, 0.717) is 0 Å². The lowest BCUT2D eigenvalue weighted by atomic mass is 9.69. The maximum Gasteiger partial charge on any atom is 0.0886 e. The second-order valence-corrected chi connectivity index (χ2v) is 5.73. The molecule has 0 aliphatic rings. The highest BCUT2D eigenvalue weighted by molar-refractivity contribution is 5.34. The fourth-order valence-corrected chi connectivity index (χ4v) is 3.28. The topological polar surface area (TPSA) is 20.2 Å². The Morgan fingerprint density at radius 1 is 0.905 bits per heavy atom. The summed E-state index contributed by atoms with van der Waals surface area (Å²) in [4.78, 5) is 0. The summed E-state index contributed by atoms with van der Waals surface area (Å²) in [5.74, 6) is 0. The summed E-state index contributed by atoms with van der Waals surface area (Å²) in [5, 5.41) is 11.1. The van der Waals surface area contributed by atoms with Crippen LogP contribution in [0.4, 0.5) is 0 Å². The van der Waals surface area contributed by atoms with Crippen molar-refractivity contribution >= 4 is 0 Å². The molecule has 0 fully saturated rings. The molecule has 0 amide bonds. The average Bonchev–Trinajstić information content (AvgIpc) is 2.57. The van der Waals surface area contributed by atoms with E-state index < -0.39 is 6.10 Å². The van der Waals surface area contributed by atoms with Gasteiger partial charge in [-0.3, -0.25) is 0 Å². The Kier molecular flexibility index (Phi) is 5.19. The van der Waals surface area contributed by atoms with Crippen LogP contribution in [0.1, 0.15) is 56.4 Å². The molecule has 0 aliphatic carbocycles. The van der Waals surface area contributed by atoms with Gasteiger partial charge in [0.1, 0.15) is 0 Å². The molecule has 1 N–H and O–H groups in total. The van der Waals surface area contributed by atoms with Crippen LogP contribution < -0.4 is 0 Å². The Morgan fingerprint density at radius 3 is 2.14 bits per heavy atom. The summed E-state index contributed by atoms with van der Waals surface area (Å²) in [5.41, 5.74) is 3.32. The van der Waals surface area contributed by atoms with Gasteiger partial charge in [-0.25, -0.2) is 0 Å². The van der Waals surface area contributed by atoms with E-state index in [4.69, 9.17) is 0 Å². The van der Waals surface area contributed by atoms with Gasteiger partial charge in [0.15, 0.2) is 0 Å². The predicted molar refractivity (Wildman–Crippen MR) is 89.5 cm³/mol. The van der Waals surface area contributed by atoms with Crippen molar-refractivity contribution in [2.75, 3.05) is 0 Å². The van der Waals surface area contributed by atoms with Gasteiger partial charge in [-0.1, -0.05) is 75.4 Å². The van der Waals surface area contributed by atoms with Gasteiger partial charge in [0.2, 0.25) is 0 Å². The Hall–Kier alpha value is -1.60. The molecule has 0 bridgehead atoms. The molecule has 1 atom stereocenters. The highest BCUT2D eigenvalue weighted by Gasteiger charge is 2.37. The molecule has 0 radical (unpaired) electrons. The Balaban J connectivity index is 2.46. The zero-order valence-electron chi connectivity index (χ0n) is 13.3. The highest BCUT2D eigenvalue weighted by Crippen LogP contribution is 2.43. The second kappa shape index (κ2) is 6.91. The number of hydrogen-bond acceptors (Lipinski definition) is 1. The first-order chi connectivity index (χ1) is 10.2. The lowest BCUT2D eigenvalue weighted by Gasteiger charge is -2.37. The molecule has 112 valence electrons. The average molecular weight is 282 g/mol. The van der Waals surface area contributed by atoms with Gasteiger partial charge in [-0.05, 0) is 36.0 Å². The van der Waals surface area contributed by atoms with E-state index in [-0.39, 0.29) is 5.41 Å². The van der Waals surface area contributed by atoms with Crippen LogP contribution in [0.2, 0.25) is 0 Å². The van der Waals surface area contributed by atoms with Crippen LogP contribution in [0.25, 0.3) is 0 Å². The van der Waals surface area contributed by atoms with E-state index in [1.807, 2.05) is 12.1 Å². The number of aryl methyl sites for hydroxylation is 1. The Bertz CT molecular complexity index is 555. The zero-order chi connectivity index (χ0) is 15.3. The number of rotatable bonds is 6. The smallest absolute Gasteiger partial charge is 0.0886 e. The molecule has 2 aromatic rings. The van der Waals surface area contributed by atoms with Crippen LogP contribution in [0.3, 0.4) is 0 Å². The summed E-state index contributed by atoms with van der Waals surface area (Å²) in [6, 6.07) is 18.8. The number of hydrogen-bond donors (Lipinski definition) is 1. The zero-order valence-corrected chi connectivity index (χ0v) is 13.3. The van der Waals surface area contributed by atoms with Crippen LogP contribution in [0.15, 0.2) is 54.6 Å². The van der Waals surface area contributed by atoms with Gasteiger partial charge in [0.25, 0.3) is 0 Å². The summed E-state index contributed by atoms with van der Waals surface area (Å²) < 4.78 is 0. The molecule has 1 nitrogen and oxygen atoms in total. The van der Waals surface area contributed by atoms with Gasteiger partial charge in [-0.15, -0.1) is 0 Å². The summed E-state index contributed by atoms with van der Waals surface area (Å²) >= 11 is 0. The monoisotopic (exact) mass is 282 g/mol. The number of aliphatic hydroxyl groups excluding tert-OH is 1. The maximum atomic E-state index is 11.1. The lowest BCUT2D eigenvalue weighted by Crippen LogP contribution is -2.32. The highest BCUT2D eigenvalue weighted by atomic mass is 16.3. The molecule has 0 spiro atoms. The van der Waals surface area contributed by atoms with Crippen molar-refractivity contribution in [1.29, 1.82) is 0 Å². The van der Waals surface area contributed by atoms with Crippen LogP contribution in [0, 0.1) is 0 Å². The SMILES string of the molecule is CCc1cccc(C(O)C(CC)(CC)c2ccccc2)c1.